The fourth-order valence-corrected chi connectivity index (χ4v) is 5.50. The highest BCUT2D eigenvalue weighted by molar-refractivity contribution is 6.24. The molecule has 4 rings (SSSR count). The number of carbonyl (C=O) groups is 3. The molecule has 2 heterocycles. The number of para-hydroxylation sites is 2. The minimum Gasteiger partial charge on any atom is -0.495 e. The predicted octanol–water partition coefficient (Wildman–Crippen LogP) is 3.03. The summed E-state index contributed by atoms with van der Waals surface area (Å²) in [5.41, 5.74) is -0.693. The number of aliphatic carboxylic acids is 1. The third-order valence-corrected chi connectivity index (χ3v) is 6.86. The predicted molar refractivity (Wildman–Crippen MR) is 128 cm³/mol. The summed E-state index contributed by atoms with van der Waals surface area (Å²) in [7, 11) is 4.48. The van der Waals surface area contributed by atoms with Gasteiger partial charge in [0.05, 0.1) is 38.9 Å². The molecule has 2 aliphatic rings. The number of nitrogens with one attached hydrogen (secondary N) is 1. The number of nitrogens with zero attached hydrogens (tertiary/aromatic N) is 1. The van der Waals surface area contributed by atoms with Crippen molar-refractivity contribution in [1.82, 2.24) is 5.32 Å². The van der Waals surface area contributed by atoms with Crippen LogP contribution in [-0.4, -0.2) is 49.8 Å². The molecule has 9 heteroatoms. The van der Waals surface area contributed by atoms with Gasteiger partial charge in [-0.15, -0.1) is 0 Å². The van der Waals surface area contributed by atoms with Gasteiger partial charge < -0.3 is 19.3 Å². The minimum absolute atomic E-state index is 0.0494. The molecule has 2 aliphatic heterocycles. The first-order valence-electron chi connectivity index (χ1n) is 11.4. The van der Waals surface area contributed by atoms with E-state index < -0.39 is 41.2 Å². The van der Waals surface area contributed by atoms with E-state index in [4.69, 9.17) is 14.2 Å². The topological polar surface area (TPSA) is 114 Å². The molecule has 0 unspecified atom stereocenters. The summed E-state index contributed by atoms with van der Waals surface area (Å²) >= 11 is 0. The summed E-state index contributed by atoms with van der Waals surface area (Å²) in [5.74, 6) is -2.96. The number of methoxy groups -OCH3 is 3. The Morgan fingerprint density at radius 3 is 2.26 bits per heavy atom. The molecular formula is C26H30N2O7. The Balaban J connectivity index is 1.89. The van der Waals surface area contributed by atoms with Crippen LogP contribution in [0.4, 0.5) is 5.69 Å². The molecule has 0 aliphatic carbocycles. The van der Waals surface area contributed by atoms with Crippen LogP contribution >= 0.6 is 0 Å². The standard InChI is InChI=1S/C26H30N2O7/c1-14(2)13-26(25(31)32)21-20(22(27-26)15-10-11-18(34-4)19(12-15)35-5)23(29)28(24(21)30)16-8-6-7-9-17(16)33-3/h6-12,14,20-22,27H,13H2,1-5H3,(H,31,32)/t20-,21-,22+,26+/m1/s1. The number of hydrogen-bond acceptors (Lipinski definition) is 7. The normalized spacial score (nSPS) is 25.7. The number of fused-ring (bicyclic) bond motifs is 1. The van der Waals surface area contributed by atoms with E-state index in [0.29, 0.717) is 28.5 Å². The average molecular weight is 483 g/mol. The van der Waals surface area contributed by atoms with Crippen LogP contribution in [0.1, 0.15) is 31.9 Å². The second kappa shape index (κ2) is 9.22. The molecule has 0 spiro atoms. The number of imide groups is 1. The Morgan fingerprint density at radius 1 is 1.00 bits per heavy atom. The summed E-state index contributed by atoms with van der Waals surface area (Å²) in [6.45, 7) is 3.79. The van der Waals surface area contributed by atoms with Gasteiger partial charge in [0.1, 0.15) is 11.3 Å². The summed E-state index contributed by atoms with van der Waals surface area (Å²) in [4.78, 5) is 41.6. The molecule has 0 bridgehead atoms. The Morgan fingerprint density at radius 2 is 1.66 bits per heavy atom. The highest BCUT2D eigenvalue weighted by Gasteiger charge is 2.68. The maximum absolute atomic E-state index is 13.9. The molecule has 0 saturated carbocycles. The van der Waals surface area contributed by atoms with E-state index >= 15 is 0 Å². The van der Waals surface area contributed by atoms with Crippen LogP contribution in [0.3, 0.4) is 0 Å². The van der Waals surface area contributed by atoms with Gasteiger partial charge in [-0.3, -0.25) is 19.7 Å². The van der Waals surface area contributed by atoms with Crippen LogP contribution in [0.15, 0.2) is 42.5 Å². The third-order valence-electron chi connectivity index (χ3n) is 6.86. The van der Waals surface area contributed by atoms with Gasteiger partial charge in [-0.1, -0.05) is 32.0 Å². The number of rotatable bonds is 8. The van der Waals surface area contributed by atoms with Gasteiger partial charge in [0.25, 0.3) is 0 Å². The lowest BCUT2D eigenvalue weighted by molar-refractivity contribution is -0.149. The number of amides is 2. The lowest BCUT2D eigenvalue weighted by Gasteiger charge is -2.32. The Labute approximate surface area is 204 Å². The number of carboxylic acid groups (broad SMARTS) is 1. The summed E-state index contributed by atoms with van der Waals surface area (Å²) < 4.78 is 16.2. The fourth-order valence-electron chi connectivity index (χ4n) is 5.50. The molecule has 35 heavy (non-hydrogen) atoms. The van der Waals surface area contributed by atoms with E-state index in [0.717, 1.165) is 4.90 Å². The Bertz CT molecular complexity index is 1160. The lowest BCUT2D eigenvalue weighted by atomic mass is 9.75. The summed E-state index contributed by atoms with van der Waals surface area (Å²) in [5, 5.41) is 13.7. The second-order valence-electron chi connectivity index (χ2n) is 9.30. The van der Waals surface area contributed by atoms with Crippen molar-refractivity contribution >= 4 is 23.5 Å². The van der Waals surface area contributed by atoms with Gasteiger partial charge in [-0.25, -0.2) is 4.90 Å². The van der Waals surface area contributed by atoms with Gasteiger partial charge in [0, 0.05) is 6.04 Å². The number of carbonyl (C=O) groups excluding carboxylic acids is 2. The molecule has 2 aromatic rings. The molecule has 2 fully saturated rings. The van der Waals surface area contributed by atoms with E-state index in [2.05, 4.69) is 5.32 Å². The van der Waals surface area contributed by atoms with Crippen molar-refractivity contribution in [3.05, 3.63) is 48.0 Å². The SMILES string of the molecule is COc1ccc([C@@H]2N[C@](CC(C)C)(C(=O)O)[C@H]3C(=O)N(c4ccccc4OC)C(=O)[C@@H]23)cc1OC. The number of hydrogen-bond donors (Lipinski definition) is 2. The molecule has 9 nitrogen and oxygen atoms in total. The molecule has 186 valence electrons. The number of carboxylic acids is 1. The molecule has 0 radical (unpaired) electrons. The quantitative estimate of drug-likeness (QED) is 0.552. The minimum atomic E-state index is -1.62. The van der Waals surface area contributed by atoms with Crippen LogP contribution in [0, 0.1) is 17.8 Å². The monoisotopic (exact) mass is 482 g/mol. The molecule has 2 aromatic carbocycles. The van der Waals surface area contributed by atoms with Crippen molar-refractivity contribution in [3.63, 3.8) is 0 Å². The zero-order chi connectivity index (χ0) is 25.5. The molecule has 2 saturated heterocycles. The van der Waals surface area contributed by atoms with Crippen molar-refractivity contribution in [3.8, 4) is 17.2 Å². The van der Waals surface area contributed by atoms with Crippen molar-refractivity contribution in [2.45, 2.75) is 31.8 Å². The van der Waals surface area contributed by atoms with Gasteiger partial charge in [0.2, 0.25) is 11.8 Å². The van der Waals surface area contributed by atoms with E-state index in [1.807, 2.05) is 13.8 Å². The summed E-state index contributed by atoms with van der Waals surface area (Å²) in [6, 6.07) is 11.2. The highest BCUT2D eigenvalue weighted by Crippen LogP contribution is 2.53. The maximum Gasteiger partial charge on any atom is 0.324 e. The van der Waals surface area contributed by atoms with Gasteiger partial charge in [-0.05, 0) is 42.2 Å². The van der Waals surface area contributed by atoms with E-state index in [-0.39, 0.29) is 12.3 Å². The van der Waals surface area contributed by atoms with Crippen molar-refractivity contribution in [2.24, 2.45) is 17.8 Å². The largest absolute Gasteiger partial charge is 0.495 e. The first-order valence-corrected chi connectivity index (χ1v) is 11.4. The van der Waals surface area contributed by atoms with Crippen molar-refractivity contribution in [2.75, 3.05) is 26.2 Å². The summed E-state index contributed by atoms with van der Waals surface area (Å²) in [6.07, 6.45) is 0.173. The lowest BCUT2D eigenvalue weighted by Crippen LogP contribution is -2.56. The van der Waals surface area contributed by atoms with Gasteiger partial charge >= 0.3 is 5.97 Å². The third kappa shape index (κ3) is 3.80. The number of benzene rings is 2. The molecule has 2 amide bonds. The van der Waals surface area contributed by atoms with Crippen LogP contribution in [0.2, 0.25) is 0 Å². The number of anilines is 1. The fraction of sp³-hybridized carbons (Fsp3) is 0.423. The average Bonchev–Trinajstić information content (AvgIpc) is 3.32. The highest BCUT2D eigenvalue weighted by atomic mass is 16.5. The molecular weight excluding hydrogens is 452 g/mol. The van der Waals surface area contributed by atoms with Gasteiger partial charge in [0.15, 0.2) is 11.5 Å². The number of ether oxygens (including phenoxy) is 3. The maximum atomic E-state index is 13.9. The van der Waals surface area contributed by atoms with Crippen LogP contribution in [-0.2, 0) is 14.4 Å². The first kappa shape index (κ1) is 24.5. The first-order chi connectivity index (χ1) is 16.7. The van der Waals surface area contributed by atoms with Gasteiger partial charge in [-0.2, -0.15) is 0 Å². The van der Waals surface area contributed by atoms with Crippen molar-refractivity contribution < 1.29 is 33.7 Å². The van der Waals surface area contributed by atoms with E-state index in [1.165, 1.54) is 21.3 Å². The van der Waals surface area contributed by atoms with E-state index in [9.17, 15) is 19.5 Å². The van der Waals surface area contributed by atoms with Crippen LogP contribution in [0.5, 0.6) is 17.2 Å². The molecule has 0 aromatic heterocycles. The smallest absolute Gasteiger partial charge is 0.324 e. The zero-order valence-electron chi connectivity index (χ0n) is 20.4. The Hall–Kier alpha value is -3.59. The van der Waals surface area contributed by atoms with Crippen LogP contribution < -0.4 is 24.4 Å². The second-order valence-corrected chi connectivity index (χ2v) is 9.30. The molecule has 4 atom stereocenters. The van der Waals surface area contributed by atoms with Crippen molar-refractivity contribution in [1.29, 1.82) is 0 Å². The molecule has 2 N–H and O–H groups in total. The van der Waals surface area contributed by atoms with Crippen LogP contribution in [0.25, 0.3) is 0 Å². The Kier molecular flexibility index (Phi) is 6.46. The zero-order valence-corrected chi connectivity index (χ0v) is 20.4. The van der Waals surface area contributed by atoms with E-state index in [1.54, 1.807) is 42.5 Å².